The van der Waals surface area contributed by atoms with Crippen LogP contribution < -0.4 is 0 Å². The molecular formula is C21H17N. The number of nitriles is 1. The highest BCUT2D eigenvalue weighted by atomic mass is 14.2. The first-order valence-electron chi connectivity index (χ1n) is 7.44. The third kappa shape index (κ3) is 3.07. The van der Waals surface area contributed by atoms with E-state index < -0.39 is 0 Å². The highest BCUT2D eigenvalue weighted by Crippen LogP contribution is 2.31. The Labute approximate surface area is 131 Å². The summed E-state index contributed by atoms with van der Waals surface area (Å²) in [5, 5.41) is 8.80. The molecule has 0 aliphatic heterocycles. The minimum absolute atomic E-state index is 0.221. The lowest BCUT2D eigenvalue weighted by Gasteiger charge is -2.19. The lowest BCUT2D eigenvalue weighted by atomic mass is 9.85. The predicted octanol–water partition coefficient (Wildman–Crippen LogP) is 4.93. The van der Waals surface area contributed by atoms with Crippen LogP contribution in [0.3, 0.4) is 0 Å². The smallest absolute Gasteiger partial charge is 0.0669 e. The number of benzene rings is 3. The standard InChI is InChI=1S/C21H17N/c22-16-15-17-11-13-20(14-12-17)21(18-7-3-1-4-8-18)19-9-5-2-6-10-19/h1-14,21H,15H2. The van der Waals surface area contributed by atoms with Crippen molar-refractivity contribution in [2.45, 2.75) is 12.3 Å². The Balaban J connectivity index is 2.04. The molecule has 1 heteroatoms. The summed E-state index contributed by atoms with van der Waals surface area (Å²) < 4.78 is 0. The van der Waals surface area contributed by atoms with Gasteiger partial charge in [0.25, 0.3) is 0 Å². The summed E-state index contributed by atoms with van der Waals surface area (Å²) in [6.07, 6.45) is 0.460. The SMILES string of the molecule is N#CCc1ccc(C(c2ccccc2)c2ccccc2)cc1. The first kappa shape index (κ1) is 14.1. The Bertz CT molecular complexity index is 713. The van der Waals surface area contributed by atoms with Gasteiger partial charge in [0.05, 0.1) is 12.5 Å². The van der Waals surface area contributed by atoms with Gasteiger partial charge in [0.2, 0.25) is 0 Å². The molecule has 0 saturated heterocycles. The van der Waals surface area contributed by atoms with Crippen molar-refractivity contribution in [3.63, 3.8) is 0 Å². The van der Waals surface area contributed by atoms with E-state index in [1.807, 2.05) is 12.1 Å². The maximum atomic E-state index is 8.80. The minimum atomic E-state index is 0.221. The zero-order valence-corrected chi connectivity index (χ0v) is 12.3. The molecule has 0 atom stereocenters. The average Bonchev–Trinajstić information content (AvgIpc) is 2.59. The molecule has 0 aromatic heterocycles. The highest BCUT2D eigenvalue weighted by Gasteiger charge is 2.15. The van der Waals surface area contributed by atoms with E-state index in [0.717, 1.165) is 5.56 Å². The van der Waals surface area contributed by atoms with Crippen molar-refractivity contribution in [2.24, 2.45) is 0 Å². The Morgan fingerprint density at radius 1 is 0.636 bits per heavy atom. The van der Waals surface area contributed by atoms with Gasteiger partial charge in [0, 0.05) is 5.92 Å². The van der Waals surface area contributed by atoms with Gasteiger partial charge in [-0.1, -0.05) is 84.9 Å². The van der Waals surface area contributed by atoms with Gasteiger partial charge in [-0.3, -0.25) is 0 Å². The Morgan fingerprint density at radius 3 is 1.55 bits per heavy atom. The summed E-state index contributed by atoms with van der Waals surface area (Å²) in [6.45, 7) is 0. The Morgan fingerprint density at radius 2 is 1.09 bits per heavy atom. The molecule has 0 N–H and O–H groups in total. The van der Waals surface area contributed by atoms with Crippen molar-refractivity contribution in [1.82, 2.24) is 0 Å². The molecule has 0 heterocycles. The van der Waals surface area contributed by atoms with Gasteiger partial charge in [0.1, 0.15) is 0 Å². The average molecular weight is 283 g/mol. The van der Waals surface area contributed by atoms with Crippen LogP contribution in [0.5, 0.6) is 0 Å². The van der Waals surface area contributed by atoms with Gasteiger partial charge in [-0.2, -0.15) is 5.26 Å². The van der Waals surface area contributed by atoms with Crippen molar-refractivity contribution in [3.8, 4) is 6.07 Å². The molecule has 106 valence electrons. The first-order valence-corrected chi connectivity index (χ1v) is 7.44. The first-order chi connectivity index (χ1) is 10.9. The summed E-state index contributed by atoms with van der Waals surface area (Å²) in [4.78, 5) is 0. The van der Waals surface area contributed by atoms with Gasteiger partial charge in [-0.05, 0) is 22.3 Å². The maximum Gasteiger partial charge on any atom is 0.0669 e. The van der Waals surface area contributed by atoms with Crippen molar-refractivity contribution in [1.29, 1.82) is 5.26 Å². The van der Waals surface area contributed by atoms with E-state index >= 15 is 0 Å². The van der Waals surface area contributed by atoms with E-state index in [0.29, 0.717) is 6.42 Å². The van der Waals surface area contributed by atoms with E-state index in [2.05, 4.69) is 78.9 Å². The van der Waals surface area contributed by atoms with E-state index in [4.69, 9.17) is 5.26 Å². The van der Waals surface area contributed by atoms with E-state index in [-0.39, 0.29) is 5.92 Å². The van der Waals surface area contributed by atoms with Crippen molar-refractivity contribution >= 4 is 0 Å². The molecule has 1 nitrogen and oxygen atoms in total. The van der Waals surface area contributed by atoms with Crippen molar-refractivity contribution in [2.75, 3.05) is 0 Å². The molecule has 0 unspecified atom stereocenters. The Hall–Kier alpha value is -2.85. The molecule has 0 spiro atoms. The molecular weight excluding hydrogens is 266 g/mol. The monoisotopic (exact) mass is 283 g/mol. The van der Waals surface area contributed by atoms with Crippen molar-refractivity contribution < 1.29 is 0 Å². The van der Waals surface area contributed by atoms with Crippen LogP contribution in [-0.4, -0.2) is 0 Å². The second-order valence-corrected chi connectivity index (χ2v) is 5.33. The van der Waals surface area contributed by atoms with Crippen LogP contribution >= 0.6 is 0 Å². The fourth-order valence-corrected chi connectivity index (χ4v) is 2.79. The van der Waals surface area contributed by atoms with Gasteiger partial charge >= 0.3 is 0 Å². The molecule has 0 amide bonds. The van der Waals surface area contributed by atoms with Crippen LogP contribution in [0.1, 0.15) is 28.2 Å². The normalized spacial score (nSPS) is 10.4. The lowest BCUT2D eigenvalue weighted by molar-refractivity contribution is 0.975. The van der Waals surface area contributed by atoms with Crippen LogP contribution in [0.4, 0.5) is 0 Å². The van der Waals surface area contributed by atoms with Crippen LogP contribution in [-0.2, 0) is 6.42 Å². The summed E-state index contributed by atoms with van der Waals surface area (Å²) in [6, 6.07) is 31.6. The van der Waals surface area contributed by atoms with E-state index in [1.54, 1.807) is 0 Å². The summed E-state index contributed by atoms with van der Waals surface area (Å²) >= 11 is 0. The quantitative estimate of drug-likeness (QED) is 0.623. The van der Waals surface area contributed by atoms with Crippen LogP contribution in [0.15, 0.2) is 84.9 Å². The molecule has 0 aliphatic carbocycles. The third-order valence-corrected chi connectivity index (χ3v) is 3.86. The molecule has 3 aromatic rings. The fourth-order valence-electron chi connectivity index (χ4n) is 2.79. The van der Waals surface area contributed by atoms with Gasteiger partial charge < -0.3 is 0 Å². The maximum absolute atomic E-state index is 8.80. The summed E-state index contributed by atoms with van der Waals surface area (Å²) in [7, 11) is 0. The molecule has 3 aromatic carbocycles. The molecule has 0 radical (unpaired) electrons. The van der Waals surface area contributed by atoms with Gasteiger partial charge in [0.15, 0.2) is 0 Å². The highest BCUT2D eigenvalue weighted by molar-refractivity contribution is 5.43. The van der Waals surface area contributed by atoms with Crippen LogP contribution in [0.2, 0.25) is 0 Å². The molecule has 0 saturated carbocycles. The molecule has 0 aliphatic rings. The Kier molecular flexibility index (Phi) is 4.32. The van der Waals surface area contributed by atoms with Gasteiger partial charge in [-0.25, -0.2) is 0 Å². The van der Waals surface area contributed by atoms with Gasteiger partial charge in [-0.15, -0.1) is 0 Å². The second kappa shape index (κ2) is 6.74. The largest absolute Gasteiger partial charge is 0.198 e. The number of rotatable bonds is 4. The second-order valence-electron chi connectivity index (χ2n) is 5.33. The number of nitrogens with zero attached hydrogens (tertiary/aromatic N) is 1. The summed E-state index contributed by atoms with van der Waals surface area (Å²) in [5.74, 6) is 0.221. The fraction of sp³-hybridized carbons (Fsp3) is 0.0952. The van der Waals surface area contributed by atoms with Crippen LogP contribution in [0, 0.1) is 11.3 Å². The van der Waals surface area contributed by atoms with E-state index in [9.17, 15) is 0 Å². The lowest BCUT2D eigenvalue weighted by Crippen LogP contribution is -2.03. The van der Waals surface area contributed by atoms with Crippen molar-refractivity contribution in [3.05, 3.63) is 107 Å². The minimum Gasteiger partial charge on any atom is -0.198 e. The van der Waals surface area contributed by atoms with Crippen LogP contribution in [0.25, 0.3) is 0 Å². The summed E-state index contributed by atoms with van der Waals surface area (Å²) in [5.41, 5.74) is 4.87. The molecule has 3 rings (SSSR count). The topological polar surface area (TPSA) is 23.8 Å². The number of hydrogen-bond acceptors (Lipinski definition) is 1. The zero-order chi connectivity index (χ0) is 15.2. The number of hydrogen-bond donors (Lipinski definition) is 0. The molecule has 0 fully saturated rings. The molecule has 22 heavy (non-hydrogen) atoms. The third-order valence-electron chi connectivity index (χ3n) is 3.86. The predicted molar refractivity (Wildman–Crippen MR) is 89.6 cm³/mol. The van der Waals surface area contributed by atoms with E-state index in [1.165, 1.54) is 16.7 Å². The molecule has 0 bridgehead atoms. The zero-order valence-electron chi connectivity index (χ0n) is 12.3.